The molecule has 1 nitrogen and oxygen atoms in total. The minimum absolute atomic E-state index is 0.0587. The fourth-order valence-electron chi connectivity index (χ4n) is 2.27. The predicted octanol–water partition coefficient (Wildman–Crippen LogP) is 6.87. The van der Waals surface area contributed by atoms with Crippen molar-refractivity contribution >= 4 is 0 Å². The molecule has 2 atom stereocenters. The molecule has 1 N–H and O–H groups in total. The Kier molecular flexibility index (Phi) is 17.9. The molecule has 0 aromatic carbocycles. The third-order valence-electron chi connectivity index (χ3n) is 3.77. The first kappa shape index (κ1) is 23.6. The van der Waals surface area contributed by atoms with E-state index in [1.54, 1.807) is 0 Å². The van der Waals surface area contributed by atoms with Crippen LogP contribution >= 0.6 is 0 Å². The SMILES string of the molecule is CC/C=C\C/C=C\C/C=C\C/C=C\C/C=C\CCC(F)CC(C)CO. The molecule has 0 aromatic heterocycles. The summed E-state index contributed by atoms with van der Waals surface area (Å²) in [6.07, 6.45) is 27.6. The number of alkyl halides is 1. The van der Waals surface area contributed by atoms with Gasteiger partial charge in [0.2, 0.25) is 0 Å². The summed E-state index contributed by atoms with van der Waals surface area (Å²) in [5.74, 6) is 0.0587. The van der Waals surface area contributed by atoms with Gasteiger partial charge < -0.3 is 5.11 Å². The number of hydrogen-bond donors (Lipinski definition) is 1. The van der Waals surface area contributed by atoms with E-state index in [9.17, 15) is 4.39 Å². The maximum atomic E-state index is 13.5. The zero-order valence-corrected chi connectivity index (χ0v) is 16.1. The summed E-state index contributed by atoms with van der Waals surface area (Å²) in [5, 5.41) is 8.90. The molecule has 0 radical (unpaired) electrons. The van der Waals surface area contributed by atoms with E-state index in [-0.39, 0.29) is 12.5 Å². The molecule has 0 aliphatic carbocycles. The van der Waals surface area contributed by atoms with Gasteiger partial charge in [-0.2, -0.15) is 0 Å². The van der Waals surface area contributed by atoms with E-state index < -0.39 is 6.17 Å². The van der Waals surface area contributed by atoms with Gasteiger partial charge in [0, 0.05) is 6.61 Å². The first-order valence-corrected chi connectivity index (χ1v) is 9.70. The second-order valence-electron chi connectivity index (χ2n) is 6.41. The third kappa shape index (κ3) is 18.8. The van der Waals surface area contributed by atoms with E-state index in [1.165, 1.54) is 0 Å². The van der Waals surface area contributed by atoms with E-state index in [1.807, 2.05) is 13.0 Å². The Morgan fingerprint density at radius 3 is 1.64 bits per heavy atom. The number of rotatable bonds is 15. The molecule has 0 aliphatic heterocycles. The minimum Gasteiger partial charge on any atom is -0.396 e. The summed E-state index contributed by atoms with van der Waals surface area (Å²) in [7, 11) is 0. The maximum absolute atomic E-state index is 13.5. The monoisotopic (exact) mass is 348 g/mol. The van der Waals surface area contributed by atoms with Gasteiger partial charge in [-0.15, -0.1) is 0 Å². The first-order chi connectivity index (χ1) is 12.2. The van der Waals surface area contributed by atoms with Gasteiger partial charge >= 0.3 is 0 Å². The summed E-state index contributed by atoms with van der Waals surface area (Å²) < 4.78 is 13.5. The van der Waals surface area contributed by atoms with Gasteiger partial charge in [-0.05, 0) is 57.3 Å². The number of halogens is 1. The third-order valence-corrected chi connectivity index (χ3v) is 3.77. The van der Waals surface area contributed by atoms with Crippen molar-refractivity contribution in [2.45, 2.75) is 71.4 Å². The lowest BCUT2D eigenvalue weighted by molar-refractivity contribution is 0.186. The highest BCUT2D eigenvalue weighted by Gasteiger charge is 2.09. The van der Waals surface area contributed by atoms with Crippen LogP contribution < -0.4 is 0 Å². The molecule has 2 heteroatoms. The van der Waals surface area contributed by atoms with Crippen LogP contribution in [0.2, 0.25) is 0 Å². The number of allylic oxidation sites excluding steroid dienone is 10. The van der Waals surface area contributed by atoms with E-state index in [0.29, 0.717) is 12.8 Å². The summed E-state index contributed by atoms with van der Waals surface area (Å²) in [6.45, 7) is 4.10. The lowest BCUT2D eigenvalue weighted by Gasteiger charge is -2.10. The van der Waals surface area contributed by atoms with E-state index in [2.05, 4.69) is 61.6 Å². The van der Waals surface area contributed by atoms with Crippen molar-refractivity contribution in [1.82, 2.24) is 0 Å². The molecular weight excluding hydrogens is 311 g/mol. The van der Waals surface area contributed by atoms with Crippen molar-refractivity contribution in [3.63, 3.8) is 0 Å². The Morgan fingerprint density at radius 1 is 0.760 bits per heavy atom. The van der Waals surface area contributed by atoms with E-state index in [4.69, 9.17) is 5.11 Å². The highest BCUT2D eigenvalue weighted by molar-refractivity contribution is 5.00. The Balaban J connectivity index is 3.56. The van der Waals surface area contributed by atoms with Crippen LogP contribution in [0.25, 0.3) is 0 Å². The van der Waals surface area contributed by atoms with Gasteiger partial charge in [0.25, 0.3) is 0 Å². The normalized spacial score (nSPS) is 15.5. The number of aliphatic hydroxyl groups is 1. The van der Waals surface area contributed by atoms with Gasteiger partial charge in [0.1, 0.15) is 6.17 Å². The molecule has 0 heterocycles. The second-order valence-corrected chi connectivity index (χ2v) is 6.41. The molecule has 2 unspecified atom stereocenters. The highest BCUT2D eigenvalue weighted by atomic mass is 19.1. The van der Waals surface area contributed by atoms with Crippen LogP contribution in [0.3, 0.4) is 0 Å². The van der Waals surface area contributed by atoms with Crippen LogP contribution in [-0.4, -0.2) is 17.9 Å². The van der Waals surface area contributed by atoms with Crippen molar-refractivity contribution in [1.29, 1.82) is 0 Å². The fraction of sp³-hybridized carbons (Fsp3) is 0.565. The molecule has 0 aliphatic rings. The zero-order valence-electron chi connectivity index (χ0n) is 16.1. The van der Waals surface area contributed by atoms with Gasteiger partial charge in [0.05, 0.1) is 0 Å². The Labute approximate surface area is 154 Å². The summed E-state index contributed by atoms with van der Waals surface area (Å²) in [6, 6.07) is 0. The molecule has 0 saturated heterocycles. The quantitative estimate of drug-likeness (QED) is 0.320. The second kappa shape index (κ2) is 18.9. The van der Waals surface area contributed by atoms with Crippen LogP contribution in [-0.2, 0) is 0 Å². The molecule has 0 saturated carbocycles. The lowest BCUT2D eigenvalue weighted by Crippen LogP contribution is -2.09. The molecular formula is C23H37FO. The number of aliphatic hydroxyl groups excluding tert-OH is 1. The summed E-state index contributed by atoms with van der Waals surface area (Å²) in [5.41, 5.74) is 0. The van der Waals surface area contributed by atoms with Crippen LogP contribution in [0.4, 0.5) is 4.39 Å². The van der Waals surface area contributed by atoms with Crippen molar-refractivity contribution in [2.75, 3.05) is 6.61 Å². The average Bonchev–Trinajstić information content (AvgIpc) is 2.61. The molecule has 0 rings (SSSR count). The van der Waals surface area contributed by atoms with Crippen molar-refractivity contribution in [3.05, 3.63) is 60.8 Å². The zero-order chi connectivity index (χ0) is 18.6. The van der Waals surface area contributed by atoms with Crippen LogP contribution in [0, 0.1) is 5.92 Å². The molecule has 142 valence electrons. The molecule has 0 fully saturated rings. The Morgan fingerprint density at radius 2 is 1.20 bits per heavy atom. The van der Waals surface area contributed by atoms with Gasteiger partial charge in [-0.25, -0.2) is 4.39 Å². The molecule has 0 spiro atoms. The van der Waals surface area contributed by atoms with Crippen LogP contribution in [0.15, 0.2) is 60.8 Å². The maximum Gasteiger partial charge on any atom is 0.101 e. The minimum atomic E-state index is -0.802. The molecule has 0 amide bonds. The largest absolute Gasteiger partial charge is 0.396 e. The smallest absolute Gasteiger partial charge is 0.101 e. The topological polar surface area (TPSA) is 20.2 Å². The molecule has 0 aromatic rings. The van der Waals surface area contributed by atoms with Crippen LogP contribution in [0.1, 0.15) is 65.2 Å². The van der Waals surface area contributed by atoms with Gasteiger partial charge in [-0.1, -0.05) is 74.6 Å². The summed E-state index contributed by atoms with van der Waals surface area (Å²) in [4.78, 5) is 0. The fourth-order valence-corrected chi connectivity index (χ4v) is 2.27. The number of hydrogen-bond acceptors (Lipinski definition) is 1. The molecule has 25 heavy (non-hydrogen) atoms. The summed E-state index contributed by atoms with van der Waals surface area (Å²) >= 11 is 0. The predicted molar refractivity (Wildman–Crippen MR) is 109 cm³/mol. The molecule has 0 bridgehead atoms. The first-order valence-electron chi connectivity index (χ1n) is 9.70. The van der Waals surface area contributed by atoms with Crippen LogP contribution in [0.5, 0.6) is 0 Å². The van der Waals surface area contributed by atoms with Gasteiger partial charge in [-0.3, -0.25) is 0 Å². The van der Waals surface area contributed by atoms with Crippen molar-refractivity contribution in [3.8, 4) is 0 Å². The highest BCUT2D eigenvalue weighted by Crippen LogP contribution is 2.13. The van der Waals surface area contributed by atoms with E-state index in [0.717, 1.165) is 38.5 Å². The average molecular weight is 349 g/mol. The lowest BCUT2D eigenvalue weighted by atomic mass is 10.0. The Hall–Kier alpha value is -1.41. The van der Waals surface area contributed by atoms with Gasteiger partial charge in [0.15, 0.2) is 0 Å². The Bertz CT molecular complexity index is 418. The van der Waals surface area contributed by atoms with Crippen molar-refractivity contribution < 1.29 is 9.50 Å². The van der Waals surface area contributed by atoms with E-state index >= 15 is 0 Å². The van der Waals surface area contributed by atoms with Crippen molar-refractivity contribution in [2.24, 2.45) is 5.92 Å². The standard InChI is InChI=1S/C23H37FO/c1-3-4-5-6-7-8-9-10-11-12-13-14-15-16-17-18-19-23(24)20-22(2)21-25/h4-5,7-8,10-11,13-14,16-17,22-23,25H,3,6,9,12,15,18-21H2,1-2H3/b5-4-,8-7-,11-10-,14-13-,17-16-.